The quantitative estimate of drug-likeness (QED) is 0.856. The molecule has 0 aromatic carbocycles. The van der Waals surface area contributed by atoms with Crippen molar-refractivity contribution in [2.24, 2.45) is 0 Å². The van der Waals surface area contributed by atoms with Gasteiger partial charge in [-0.2, -0.15) is 0 Å². The highest BCUT2D eigenvalue weighted by molar-refractivity contribution is 5.07. The SMILES string of the molecule is O=c1cc(CNC2CC2)nc(C2CCCCC2)[nH]1. The van der Waals surface area contributed by atoms with Gasteiger partial charge in [0.15, 0.2) is 0 Å². The van der Waals surface area contributed by atoms with Crippen LogP contribution in [0.5, 0.6) is 0 Å². The van der Waals surface area contributed by atoms with Crippen molar-refractivity contribution in [2.75, 3.05) is 0 Å². The van der Waals surface area contributed by atoms with Crippen LogP contribution in [0, 0.1) is 0 Å². The van der Waals surface area contributed by atoms with Crippen LogP contribution < -0.4 is 10.9 Å². The normalized spacial score (nSPS) is 21.1. The zero-order valence-electron chi connectivity index (χ0n) is 10.7. The van der Waals surface area contributed by atoms with E-state index in [1.54, 1.807) is 6.07 Å². The third-order valence-corrected chi connectivity index (χ3v) is 3.95. The standard InChI is InChI=1S/C14H21N3O/c18-13-8-12(9-15-11-6-7-11)16-14(17-13)10-4-2-1-3-5-10/h8,10-11,15H,1-7,9H2,(H,16,17,18). The molecule has 1 heterocycles. The zero-order valence-corrected chi connectivity index (χ0v) is 10.7. The van der Waals surface area contributed by atoms with Crippen LogP contribution in [0.15, 0.2) is 10.9 Å². The minimum atomic E-state index is -0.00169. The Bertz CT molecular complexity index is 458. The topological polar surface area (TPSA) is 57.8 Å². The number of nitrogens with one attached hydrogen (secondary N) is 2. The van der Waals surface area contributed by atoms with E-state index in [-0.39, 0.29) is 5.56 Å². The van der Waals surface area contributed by atoms with Crippen LogP contribution in [0.25, 0.3) is 0 Å². The molecular weight excluding hydrogens is 226 g/mol. The molecule has 0 saturated heterocycles. The average molecular weight is 247 g/mol. The predicted octanol–water partition coefficient (Wildman–Crippen LogP) is 2.07. The molecule has 0 atom stereocenters. The van der Waals surface area contributed by atoms with E-state index in [4.69, 9.17) is 0 Å². The third kappa shape index (κ3) is 2.99. The highest BCUT2D eigenvalue weighted by atomic mass is 16.1. The third-order valence-electron chi connectivity index (χ3n) is 3.95. The summed E-state index contributed by atoms with van der Waals surface area (Å²) >= 11 is 0. The Labute approximate surface area is 107 Å². The lowest BCUT2D eigenvalue weighted by Gasteiger charge is -2.20. The van der Waals surface area contributed by atoms with Crippen LogP contribution in [0.3, 0.4) is 0 Å². The summed E-state index contributed by atoms with van der Waals surface area (Å²) in [5.74, 6) is 1.38. The van der Waals surface area contributed by atoms with Gasteiger partial charge in [-0.1, -0.05) is 19.3 Å². The summed E-state index contributed by atoms with van der Waals surface area (Å²) in [5, 5.41) is 3.41. The lowest BCUT2D eigenvalue weighted by atomic mass is 9.88. The van der Waals surface area contributed by atoms with Gasteiger partial charge in [-0.25, -0.2) is 4.98 Å². The Kier molecular flexibility index (Phi) is 3.46. The van der Waals surface area contributed by atoms with E-state index in [2.05, 4.69) is 15.3 Å². The summed E-state index contributed by atoms with van der Waals surface area (Å²) in [6.07, 6.45) is 8.71. The minimum absolute atomic E-state index is 0.00169. The van der Waals surface area contributed by atoms with Crippen molar-refractivity contribution in [1.29, 1.82) is 0 Å². The molecule has 0 unspecified atom stereocenters. The van der Waals surface area contributed by atoms with Crippen LogP contribution in [0.4, 0.5) is 0 Å². The van der Waals surface area contributed by atoms with Gasteiger partial charge in [-0.3, -0.25) is 4.79 Å². The fourth-order valence-corrected chi connectivity index (χ4v) is 2.72. The van der Waals surface area contributed by atoms with E-state index in [1.165, 1.54) is 44.9 Å². The highest BCUT2D eigenvalue weighted by Crippen LogP contribution is 2.30. The first kappa shape index (κ1) is 11.9. The van der Waals surface area contributed by atoms with Gasteiger partial charge in [0.25, 0.3) is 5.56 Å². The van der Waals surface area contributed by atoms with Crippen LogP contribution in [-0.4, -0.2) is 16.0 Å². The van der Waals surface area contributed by atoms with Crippen molar-refractivity contribution in [3.8, 4) is 0 Å². The number of aromatic nitrogens is 2. The number of aromatic amines is 1. The molecule has 2 fully saturated rings. The van der Waals surface area contributed by atoms with Crippen molar-refractivity contribution in [3.05, 3.63) is 27.9 Å². The number of hydrogen-bond donors (Lipinski definition) is 2. The largest absolute Gasteiger partial charge is 0.310 e. The van der Waals surface area contributed by atoms with Gasteiger partial charge in [0.05, 0.1) is 5.69 Å². The molecular formula is C14H21N3O. The molecule has 0 amide bonds. The number of rotatable bonds is 4. The Morgan fingerprint density at radius 3 is 2.72 bits per heavy atom. The second-order valence-electron chi connectivity index (χ2n) is 5.61. The molecule has 0 aliphatic heterocycles. The molecule has 18 heavy (non-hydrogen) atoms. The molecule has 4 heteroatoms. The van der Waals surface area contributed by atoms with Crippen molar-refractivity contribution >= 4 is 0 Å². The molecule has 3 rings (SSSR count). The molecule has 2 saturated carbocycles. The fourth-order valence-electron chi connectivity index (χ4n) is 2.72. The Hall–Kier alpha value is -1.16. The Balaban J connectivity index is 1.73. The second kappa shape index (κ2) is 5.22. The predicted molar refractivity (Wildman–Crippen MR) is 70.5 cm³/mol. The van der Waals surface area contributed by atoms with Crippen LogP contribution in [0.1, 0.15) is 62.4 Å². The van der Waals surface area contributed by atoms with Gasteiger partial charge in [-0.15, -0.1) is 0 Å². The molecule has 2 N–H and O–H groups in total. The summed E-state index contributed by atoms with van der Waals surface area (Å²) in [5.41, 5.74) is 0.893. The molecule has 0 radical (unpaired) electrons. The maximum Gasteiger partial charge on any atom is 0.251 e. The molecule has 98 valence electrons. The summed E-state index contributed by atoms with van der Waals surface area (Å²) in [6, 6.07) is 2.28. The smallest absolute Gasteiger partial charge is 0.251 e. The zero-order chi connectivity index (χ0) is 12.4. The van der Waals surface area contributed by atoms with Crippen LogP contribution in [-0.2, 0) is 6.54 Å². The lowest BCUT2D eigenvalue weighted by Crippen LogP contribution is -2.22. The van der Waals surface area contributed by atoms with Gasteiger partial charge < -0.3 is 10.3 Å². The van der Waals surface area contributed by atoms with E-state index in [0.717, 1.165) is 18.1 Å². The van der Waals surface area contributed by atoms with Crippen LogP contribution >= 0.6 is 0 Å². The lowest BCUT2D eigenvalue weighted by molar-refractivity contribution is 0.426. The average Bonchev–Trinajstić information content (AvgIpc) is 3.21. The Morgan fingerprint density at radius 2 is 2.00 bits per heavy atom. The number of nitrogens with zero attached hydrogens (tertiary/aromatic N) is 1. The molecule has 2 aliphatic rings. The maximum atomic E-state index is 11.7. The monoisotopic (exact) mass is 247 g/mol. The van der Waals surface area contributed by atoms with Crippen LogP contribution in [0.2, 0.25) is 0 Å². The fraction of sp³-hybridized carbons (Fsp3) is 0.714. The van der Waals surface area contributed by atoms with Gasteiger partial charge in [0, 0.05) is 24.6 Å². The second-order valence-corrected chi connectivity index (χ2v) is 5.61. The molecule has 1 aromatic rings. The van der Waals surface area contributed by atoms with E-state index < -0.39 is 0 Å². The maximum absolute atomic E-state index is 11.7. The number of H-pyrrole nitrogens is 1. The first-order valence-corrected chi connectivity index (χ1v) is 7.15. The van der Waals surface area contributed by atoms with Gasteiger partial charge >= 0.3 is 0 Å². The first-order chi connectivity index (χ1) is 8.81. The summed E-state index contributed by atoms with van der Waals surface area (Å²) in [4.78, 5) is 19.3. The summed E-state index contributed by atoms with van der Waals surface area (Å²) in [6.45, 7) is 0.730. The molecule has 0 spiro atoms. The summed E-state index contributed by atoms with van der Waals surface area (Å²) in [7, 11) is 0. The molecule has 4 nitrogen and oxygen atoms in total. The van der Waals surface area contributed by atoms with Crippen molar-refractivity contribution < 1.29 is 0 Å². The minimum Gasteiger partial charge on any atom is -0.310 e. The summed E-state index contributed by atoms with van der Waals surface area (Å²) < 4.78 is 0. The molecule has 0 bridgehead atoms. The number of hydrogen-bond acceptors (Lipinski definition) is 3. The Morgan fingerprint density at radius 1 is 1.22 bits per heavy atom. The van der Waals surface area contributed by atoms with E-state index >= 15 is 0 Å². The first-order valence-electron chi connectivity index (χ1n) is 7.15. The van der Waals surface area contributed by atoms with Gasteiger partial charge in [0.1, 0.15) is 5.82 Å². The van der Waals surface area contributed by atoms with E-state index in [0.29, 0.717) is 12.0 Å². The highest BCUT2D eigenvalue weighted by Gasteiger charge is 2.21. The van der Waals surface area contributed by atoms with Gasteiger partial charge in [-0.05, 0) is 25.7 Å². The van der Waals surface area contributed by atoms with Crippen molar-refractivity contribution in [1.82, 2.24) is 15.3 Å². The van der Waals surface area contributed by atoms with Gasteiger partial charge in [0.2, 0.25) is 0 Å². The molecule has 1 aromatic heterocycles. The van der Waals surface area contributed by atoms with Crippen molar-refractivity contribution in [3.63, 3.8) is 0 Å². The van der Waals surface area contributed by atoms with Crippen molar-refractivity contribution in [2.45, 2.75) is 63.5 Å². The van der Waals surface area contributed by atoms with E-state index in [1.807, 2.05) is 0 Å². The van der Waals surface area contributed by atoms with E-state index in [9.17, 15) is 4.79 Å². The molecule has 2 aliphatic carbocycles.